The zero-order valence-electron chi connectivity index (χ0n) is 11.3. The molecule has 3 nitrogen and oxygen atoms in total. The van der Waals surface area contributed by atoms with E-state index in [9.17, 15) is 4.21 Å². The normalized spacial score (nSPS) is 12.1. The molecule has 0 fully saturated rings. The molecule has 1 unspecified atom stereocenters. The maximum absolute atomic E-state index is 12.0. The Bertz CT molecular complexity index is 557. The van der Waals surface area contributed by atoms with E-state index in [1.165, 1.54) is 0 Å². The highest BCUT2D eigenvalue weighted by Crippen LogP contribution is 2.17. The van der Waals surface area contributed by atoms with E-state index in [4.69, 9.17) is 10.5 Å². The third-order valence-electron chi connectivity index (χ3n) is 2.93. The van der Waals surface area contributed by atoms with Gasteiger partial charge in [0.2, 0.25) is 0 Å². The molecule has 0 aliphatic carbocycles. The van der Waals surface area contributed by atoms with E-state index in [-0.39, 0.29) is 0 Å². The summed E-state index contributed by atoms with van der Waals surface area (Å²) in [5, 5.41) is 0. The van der Waals surface area contributed by atoms with Crippen molar-refractivity contribution in [3.63, 3.8) is 0 Å². The molecule has 0 heterocycles. The molecule has 0 amide bonds. The van der Waals surface area contributed by atoms with Gasteiger partial charge in [0.05, 0.1) is 17.4 Å². The first-order valence-electron chi connectivity index (χ1n) is 6.65. The zero-order valence-corrected chi connectivity index (χ0v) is 12.1. The van der Waals surface area contributed by atoms with Gasteiger partial charge in [-0.3, -0.25) is 4.21 Å². The first-order valence-corrected chi connectivity index (χ1v) is 7.97. The highest BCUT2D eigenvalue weighted by Gasteiger charge is 2.04. The van der Waals surface area contributed by atoms with Gasteiger partial charge < -0.3 is 10.5 Å². The molecule has 106 valence electrons. The van der Waals surface area contributed by atoms with Crippen LogP contribution in [0.2, 0.25) is 0 Å². The van der Waals surface area contributed by atoms with E-state index >= 15 is 0 Å². The van der Waals surface area contributed by atoms with Gasteiger partial charge in [-0.25, -0.2) is 0 Å². The third-order valence-corrected chi connectivity index (χ3v) is 4.39. The Hall–Kier alpha value is -1.65. The van der Waals surface area contributed by atoms with Gasteiger partial charge in [-0.15, -0.1) is 0 Å². The van der Waals surface area contributed by atoms with Gasteiger partial charge >= 0.3 is 0 Å². The average Bonchev–Trinajstić information content (AvgIpc) is 2.52. The third kappa shape index (κ3) is 4.18. The lowest BCUT2D eigenvalue weighted by molar-refractivity contribution is 0.315. The summed E-state index contributed by atoms with van der Waals surface area (Å²) in [7, 11) is -0.953. The minimum atomic E-state index is -0.953. The van der Waals surface area contributed by atoms with Gasteiger partial charge in [-0.2, -0.15) is 0 Å². The fraction of sp³-hybridized carbons (Fsp3) is 0.250. The molecule has 0 aliphatic heterocycles. The van der Waals surface area contributed by atoms with Crippen LogP contribution in [0.15, 0.2) is 59.5 Å². The molecule has 2 aromatic carbocycles. The summed E-state index contributed by atoms with van der Waals surface area (Å²) in [4.78, 5) is 0.870. The molecular weight excluding hydrogens is 270 g/mol. The van der Waals surface area contributed by atoms with Gasteiger partial charge in [0.1, 0.15) is 5.75 Å². The summed E-state index contributed by atoms with van der Waals surface area (Å²) in [6, 6.07) is 17.3. The van der Waals surface area contributed by atoms with Gasteiger partial charge in [0, 0.05) is 22.8 Å². The van der Waals surface area contributed by atoms with Crippen LogP contribution in [0, 0.1) is 0 Å². The zero-order chi connectivity index (χ0) is 14.2. The average molecular weight is 289 g/mol. The van der Waals surface area contributed by atoms with E-state index < -0.39 is 10.8 Å². The van der Waals surface area contributed by atoms with Crippen molar-refractivity contribution >= 4 is 10.8 Å². The van der Waals surface area contributed by atoms with Crippen molar-refractivity contribution in [2.75, 3.05) is 12.4 Å². The van der Waals surface area contributed by atoms with Crippen LogP contribution in [0.25, 0.3) is 0 Å². The Kier molecular flexibility index (Phi) is 5.77. The lowest BCUT2D eigenvalue weighted by Crippen LogP contribution is -2.07. The second kappa shape index (κ2) is 7.82. The molecule has 0 radical (unpaired) electrons. The first kappa shape index (κ1) is 14.8. The maximum Gasteiger partial charge on any atom is 0.123 e. The highest BCUT2D eigenvalue weighted by molar-refractivity contribution is 7.85. The fourth-order valence-electron chi connectivity index (χ4n) is 1.88. The number of benzene rings is 2. The minimum Gasteiger partial charge on any atom is -0.493 e. The van der Waals surface area contributed by atoms with Crippen molar-refractivity contribution in [3.8, 4) is 5.75 Å². The number of hydrogen-bond acceptors (Lipinski definition) is 3. The van der Waals surface area contributed by atoms with Crippen LogP contribution in [-0.2, 0) is 17.3 Å². The van der Waals surface area contributed by atoms with Gasteiger partial charge in [-0.05, 0) is 24.6 Å². The van der Waals surface area contributed by atoms with Crippen LogP contribution in [0.4, 0.5) is 0 Å². The van der Waals surface area contributed by atoms with Crippen LogP contribution in [-0.4, -0.2) is 16.6 Å². The molecular formula is C16H19NO2S. The monoisotopic (exact) mass is 289 g/mol. The lowest BCUT2D eigenvalue weighted by Gasteiger charge is -2.10. The van der Waals surface area contributed by atoms with Crippen molar-refractivity contribution in [2.24, 2.45) is 5.73 Å². The lowest BCUT2D eigenvalue weighted by atomic mass is 10.2. The van der Waals surface area contributed by atoms with Crippen LogP contribution >= 0.6 is 0 Å². The van der Waals surface area contributed by atoms with E-state index in [0.717, 1.165) is 22.6 Å². The molecule has 0 aromatic heterocycles. The molecule has 4 heteroatoms. The fourth-order valence-corrected chi connectivity index (χ4v) is 2.95. The van der Waals surface area contributed by atoms with Crippen molar-refractivity contribution in [3.05, 3.63) is 60.2 Å². The van der Waals surface area contributed by atoms with Crippen LogP contribution in [0.1, 0.15) is 12.0 Å². The summed E-state index contributed by atoms with van der Waals surface area (Å²) in [5.41, 5.74) is 6.65. The molecule has 2 rings (SSSR count). The summed E-state index contributed by atoms with van der Waals surface area (Å²) < 4.78 is 17.7. The molecule has 0 saturated carbocycles. The molecule has 2 aromatic rings. The van der Waals surface area contributed by atoms with Crippen molar-refractivity contribution in [2.45, 2.75) is 17.9 Å². The van der Waals surface area contributed by atoms with Gasteiger partial charge in [-0.1, -0.05) is 36.4 Å². The number of nitrogens with two attached hydrogens (primary N) is 1. The standard InChI is InChI=1S/C16H19NO2S/c17-13-14-7-4-5-10-16(14)19-11-6-12-20(18)15-8-2-1-3-9-15/h1-5,7-10H,6,11-13,17H2. The second-order valence-electron chi connectivity index (χ2n) is 4.38. The summed E-state index contributed by atoms with van der Waals surface area (Å²) >= 11 is 0. The van der Waals surface area contributed by atoms with Crippen molar-refractivity contribution in [1.29, 1.82) is 0 Å². The Morgan fingerprint density at radius 3 is 2.45 bits per heavy atom. The largest absolute Gasteiger partial charge is 0.493 e. The first-order chi connectivity index (χ1) is 9.81. The number of rotatable bonds is 7. The second-order valence-corrected chi connectivity index (χ2v) is 5.95. The van der Waals surface area contributed by atoms with E-state index in [0.29, 0.717) is 18.9 Å². The smallest absolute Gasteiger partial charge is 0.123 e. The topological polar surface area (TPSA) is 52.3 Å². The van der Waals surface area contributed by atoms with Crippen LogP contribution in [0.5, 0.6) is 5.75 Å². The minimum absolute atomic E-state index is 0.464. The predicted octanol–water partition coefficient (Wildman–Crippen LogP) is 2.72. The molecule has 0 spiro atoms. The molecule has 0 aliphatic rings. The van der Waals surface area contributed by atoms with E-state index in [1.807, 2.05) is 54.6 Å². The molecule has 0 bridgehead atoms. The Morgan fingerprint density at radius 2 is 1.70 bits per heavy atom. The number of ether oxygens (including phenoxy) is 1. The summed E-state index contributed by atoms with van der Waals surface area (Å²) in [6.07, 6.45) is 0.750. The summed E-state index contributed by atoms with van der Waals surface area (Å²) in [5.74, 6) is 1.43. The van der Waals surface area contributed by atoms with Gasteiger partial charge in [0.25, 0.3) is 0 Å². The Morgan fingerprint density at radius 1 is 1.00 bits per heavy atom. The maximum atomic E-state index is 12.0. The quantitative estimate of drug-likeness (QED) is 0.797. The Balaban J connectivity index is 1.78. The Labute approximate surface area is 122 Å². The molecule has 1 atom stereocenters. The van der Waals surface area contributed by atoms with E-state index in [1.54, 1.807) is 0 Å². The SMILES string of the molecule is NCc1ccccc1OCCCS(=O)c1ccccc1. The molecule has 2 N–H and O–H groups in total. The van der Waals surface area contributed by atoms with E-state index in [2.05, 4.69) is 0 Å². The molecule has 0 saturated heterocycles. The summed E-state index contributed by atoms with van der Waals surface area (Å²) in [6.45, 7) is 1.02. The highest BCUT2D eigenvalue weighted by atomic mass is 32.2. The van der Waals surface area contributed by atoms with Crippen LogP contribution in [0.3, 0.4) is 0 Å². The van der Waals surface area contributed by atoms with Crippen molar-refractivity contribution in [1.82, 2.24) is 0 Å². The van der Waals surface area contributed by atoms with Crippen molar-refractivity contribution < 1.29 is 8.95 Å². The number of hydrogen-bond donors (Lipinski definition) is 1. The predicted molar refractivity (Wildman–Crippen MR) is 82.2 cm³/mol. The number of para-hydroxylation sites is 1. The molecule has 20 heavy (non-hydrogen) atoms. The van der Waals surface area contributed by atoms with Crippen LogP contribution < -0.4 is 10.5 Å². The van der Waals surface area contributed by atoms with Gasteiger partial charge in [0.15, 0.2) is 0 Å².